The van der Waals surface area contributed by atoms with Gasteiger partial charge in [-0.15, -0.1) is 0 Å². The largest absolute Gasteiger partial charge is 0.329 e. The number of nitro benzene ring substituents is 1. The summed E-state index contributed by atoms with van der Waals surface area (Å²) in [4.78, 5) is 50.9. The third kappa shape index (κ3) is 5.05. The van der Waals surface area contributed by atoms with Crippen molar-refractivity contribution >= 4 is 58.5 Å². The highest BCUT2D eigenvalue weighted by atomic mass is 35.5. The summed E-state index contributed by atoms with van der Waals surface area (Å²) in [6.07, 6.45) is 1.26. The number of nitrogens with one attached hydrogen (secondary N) is 2. The number of rotatable bonds is 6. The molecule has 196 valence electrons. The van der Waals surface area contributed by atoms with Crippen molar-refractivity contribution in [1.82, 2.24) is 20.0 Å². The second-order valence-electron chi connectivity index (χ2n) is 8.41. The Hall–Kier alpha value is -4.38. The highest BCUT2D eigenvalue weighted by molar-refractivity contribution is 6.36. The first-order chi connectivity index (χ1) is 18.6. The monoisotopic (exact) mass is 583 g/mol. The molecule has 1 saturated heterocycles. The summed E-state index contributed by atoms with van der Waals surface area (Å²) in [5, 5.41) is 17.5. The van der Waals surface area contributed by atoms with Crippen LogP contribution in [-0.2, 0) is 11.3 Å². The fraction of sp³-hybridized carbons (Fsp3) is 0.0385. The molecule has 5 rings (SSSR count). The number of aromatic nitrogens is 2. The van der Waals surface area contributed by atoms with E-state index in [1.165, 1.54) is 36.4 Å². The fourth-order valence-corrected chi connectivity index (χ4v) is 4.74. The van der Waals surface area contributed by atoms with Gasteiger partial charge in [-0.05, 0) is 48.0 Å². The van der Waals surface area contributed by atoms with Crippen molar-refractivity contribution < 1.29 is 14.5 Å². The number of nitrogens with zero attached hydrogens (tertiary/aromatic N) is 3. The average molecular weight is 585 g/mol. The molecule has 3 amide bonds. The van der Waals surface area contributed by atoms with Crippen molar-refractivity contribution in [3.05, 3.63) is 119 Å². The predicted octanol–water partition coefficient (Wildman–Crippen LogP) is 5.79. The number of amides is 3. The molecule has 1 aliphatic rings. The number of nitro groups is 1. The number of benzene rings is 3. The Balaban J connectivity index is 1.60. The zero-order valence-corrected chi connectivity index (χ0v) is 21.9. The molecule has 39 heavy (non-hydrogen) atoms. The van der Waals surface area contributed by atoms with Gasteiger partial charge < -0.3 is 5.32 Å². The van der Waals surface area contributed by atoms with Crippen molar-refractivity contribution in [2.45, 2.75) is 6.54 Å². The van der Waals surface area contributed by atoms with E-state index in [4.69, 9.17) is 34.8 Å². The van der Waals surface area contributed by atoms with E-state index in [9.17, 15) is 24.5 Å². The maximum atomic E-state index is 13.6. The maximum absolute atomic E-state index is 13.6. The molecule has 1 aliphatic heterocycles. The molecule has 2 N–H and O–H groups in total. The van der Waals surface area contributed by atoms with Gasteiger partial charge in [0.25, 0.3) is 17.2 Å². The molecule has 0 aliphatic carbocycles. The number of carbonyl (C=O) groups excluding carboxylic acids is 2. The van der Waals surface area contributed by atoms with Gasteiger partial charge in [-0.25, -0.2) is 9.48 Å². The third-order valence-corrected chi connectivity index (χ3v) is 6.90. The molecule has 1 fully saturated rings. The van der Waals surface area contributed by atoms with Gasteiger partial charge in [-0.3, -0.25) is 29.7 Å². The average Bonchev–Trinajstić information content (AvgIpc) is 3.36. The number of aromatic amines is 1. The third-order valence-electron chi connectivity index (χ3n) is 5.98. The molecule has 3 aromatic carbocycles. The number of H-pyrrole nitrogens is 1. The molecule has 0 bridgehead atoms. The molecule has 10 nitrogen and oxygen atoms in total. The van der Waals surface area contributed by atoms with Crippen molar-refractivity contribution in [2.75, 3.05) is 0 Å². The highest BCUT2D eigenvalue weighted by Crippen LogP contribution is 2.32. The number of carbonyl (C=O) groups is 2. The molecule has 1 aromatic heterocycles. The lowest BCUT2D eigenvalue weighted by atomic mass is 10.1. The van der Waals surface area contributed by atoms with Crippen LogP contribution in [0.15, 0.2) is 77.2 Å². The molecule has 2 heterocycles. The van der Waals surface area contributed by atoms with Crippen LogP contribution in [0.4, 0.5) is 10.5 Å². The van der Waals surface area contributed by atoms with E-state index < -0.39 is 22.4 Å². The Kier molecular flexibility index (Phi) is 7.00. The maximum Gasteiger partial charge on any atom is 0.329 e. The molecule has 0 radical (unpaired) electrons. The van der Waals surface area contributed by atoms with Crippen molar-refractivity contribution in [3.8, 4) is 16.9 Å². The summed E-state index contributed by atoms with van der Waals surface area (Å²) in [6, 6.07) is 16.1. The van der Waals surface area contributed by atoms with Gasteiger partial charge in [0, 0.05) is 27.7 Å². The second-order valence-corrected chi connectivity index (χ2v) is 9.66. The summed E-state index contributed by atoms with van der Waals surface area (Å²) < 4.78 is 1.15. The van der Waals surface area contributed by atoms with E-state index in [1.54, 1.807) is 36.4 Å². The van der Waals surface area contributed by atoms with Gasteiger partial charge in [-0.1, -0.05) is 53.0 Å². The van der Waals surface area contributed by atoms with Crippen LogP contribution in [0.5, 0.6) is 0 Å². The van der Waals surface area contributed by atoms with Gasteiger partial charge in [0.1, 0.15) is 5.70 Å². The first kappa shape index (κ1) is 26.2. The van der Waals surface area contributed by atoms with Crippen LogP contribution in [0.3, 0.4) is 0 Å². The summed E-state index contributed by atoms with van der Waals surface area (Å²) in [5.74, 6) is -0.657. The zero-order valence-electron chi connectivity index (χ0n) is 19.7. The second kappa shape index (κ2) is 10.4. The van der Waals surface area contributed by atoms with Crippen LogP contribution < -0.4 is 10.9 Å². The van der Waals surface area contributed by atoms with Crippen LogP contribution in [-0.4, -0.2) is 31.5 Å². The molecule has 0 unspecified atom stereocenters. The quantitative estimate of drug-likeness (QED) is 0.128. The van der Waals surface area contributed by atoms with E-state index in [1.807, 2.05) is 0 Å². The van der Waals surface area contributed by atoms with Crippen LogP contribution in [0.2, 0.25) is 15.1 Å². The van der Waals surface area contributed by atoms with Gasteiger partial charge in [0.15, 0.2) is 0 Å². The van der Waals surface area contributed by atoms with E-state index in [-0.39, 0.29) is 34.2 Å². The standard InChI is InChI=1S/C26H16Cl3N5O5/c27-15-5-10-18(21(29)11-15)23-19(24(35)33(31-23)16-6-8-17(9-7-16)34(38)39)12-22-25(36)32(26(37)30-22)13-14-3-1-2-4-20(14)28/h1-12,31H,13H2,(H,30,37)/b22-12-. The Morgan fingerprint density at radius 3 is 2.31 bits per heavy atom. The van der Waals surface area contributed by atoms with E-state index in [0.717, 1.165) is 9.58 Å². The molecular weight excluding hydrogens is 569 g/mol. The normalized spacial score (nSPS) is 14.2. The van der Waals surface area contributed by atoms with Crippen molar-refractivity contribution in [3.63, 3.8) is 0 Å². The molecule has 13 heteroatoms. The molecule has 4 aromatic rings. The van der Waals surface area contributed by atoms with Gasteiger partial charge in [0.2, 0.25) is 0 Å². The van der Waals surface area contributed by atoms with Crippen LogP contribution in [0.25, 0.3) is 23.0 Å². The fourth-order valence-electron chi connectivity index (χ4n) is 4.04. The number of non-ortho nitro benzene ring substituents is 1. The van der Waals surface area contributed by atoms with E-state index in [0.29, 0.717) is 26.9 Å². The molecule has 0 spiro atoms. The highest BCUT2D eigenvalue weighted by Gasteiger charge is 2.34. The molecular formula is C26H16Cl3N5O5. The summed E-state index contributed by atoms with van der Waals surface area (Å²) in [6.45, 7) is -0.0717. The summed E-state index contributed by atoms with van der Waals surface area (Å²) in [7, 11) is 0. The lowest BCUT2D eigenvalue weighted by molar-refractivity contribution is -0.384. The number of urea groups is 1. The van der Waals surface area contributed by atoms with Gasteiger partial charge in [-0.2, -0.15) is 0 Å². The lowest BCUT2D eigenvalue weighted by Gasteiger charge is -2.12. The smallest absolute Gasteiger partial charge is 0.303 e. The van der Waals surface area contributed by atoms with Gasteiger partial charge in [0.05, 0.1) is 33.4 Å². The Morgan fingerprint density at radius 1 is 0.923 bits per heavy atom. The minimum absolute atomic E-state index is 0.0146. The van der Waals surface area contributed by atoms with Gasteiger partial charge >= 0.3 is 6.03 Å². The number of halogens is 3. The van der Waals surface area contributed by atoms with Crippen LogP contribution in [0.1, 0.15) is 11.1 Å². The predicted molar refractivity (Wildman–Crippen MR) is 147 cm³/mol. The van der Waals surface area contributed by atoms with Crippen molar-refractivity contribution in [1.29, 1.82) is 0 Å². The Bertz CT molecular complexity index is 1740. The van der Waals surface area contributed by atoms with E-state index >= 15 is 0 Å². The summed E-state index contributed by atoms with van der Waals surface area (Å²) in [5.41, 5.74) is 0.632. The topological polar surface area (TPSA) is 130 Å². The first-order valence-corrected chi connectivity index (χ1v) is 12.4. The van der Waals surface area contributed by atoms with Crippen LogP contribution >= 0.6 is 34.8 Å². The van der Waals surface area contributed by atoms with Crippen LogP contribution in [0, 0.1) is 10.1 Å². The molecule has 0 atom stereocenters. The SMILES string of the molecule is O=C1N/C(=C\c2c(-c3ccc(Cl)cc3Cl)[nH]n(-c3ccc([N+](=O)[O-])cc3)c2=O)C(=O)N1Cc1ccccc1Cl. The minimum Gasteiger partial charge on any atom is -0.303 e. The molecule has 0 saturated carbocycles. The van der Waals surface area contributed by atoms with Crippen molar-refractivity contribution in [2.24, 2.45) is 0 Å². The first-order valence-electron chi connectivity index (χ1n) is 11.3. The Morgan fingerprint density at radius 2 is 1.64 bits per heavy atom. The van der Waals surface area contributed by atoms with E-state index in [2.05, 4.69) is 10.4 Å². The summed E-state index contributed by atoms with van der Waals surface area (Å²) >= 11 is 18.7. The number of hydrogen-bond donors (Lipinski definition) is 2. The minimum atomic E-state index is -0.677. The number of imide groups is 1. The zero-order chi connectivity index (χ0) is 27.8. The Labute approximate surface area is 235 Å². The lowest BCUT2D eigenvalue weighted by Crippen LogP contribution is -2.30. The number of hydrogen-bond acceptors (Lipinski definition) is 5.